The molecule has 0 unspecified atom stereocenters. The van der Waals surface area contributed by atoms with E-state index in [1.54, 1.807) is 45.4 Å². The molecule has 0 aliphatic carbocycles. The van der Waals surface area contributed by atoms with Gasteiger partial charge >= 0.3 is 0 Å². The molecule has 0 saturated heterocycles. The summed E-state index contributed by atoms with van der Waals surface area (Å²) in [7, 11) is 6.29. The molecule has 3 rings (SSSR count). The van der Waals surface area contributed by atoms with Gasteiger partial charge in [-0.1, -0.05) is 48.5 Å². The first kappa shape index (κ1) is 24.6. The molecule has 7 heteroatoms. The molecule has 178 valence electrons. The molecule has 3 aromatic rings. The van der Waals surface area contributed by atoms with Crippen LogP contribution in [0.25, 0.3) is 0 Å². The van der Waals surface area contributed by atoms with Gasteiger partial charge < -0.3 is 24.4 Å². The van der Waals surface area contributed by atoms with Crippen molar-refractivity contribution in [2.75, 3.05) is 28.4 Å². The van der Waals surface area contributed by atoms with E-state index < -0.39 is 6.04 Å². The van der Waals surface area contributed by atoms with Crippen LogP contribution in [0.5, 0.6) is 17.2 Å². The zero-order chi connectivity index (χ0) is 24.5. The van der Waals surface area contributed by atoms with Crippen molar-refractivity contribution in [3.05, 3.63) is 89.5 Å². The van der Waals surface area contributed by atoms with Crippen LogP contribution in [0.2, 0.25) is 0 Å². The van der Waals surface area contributed by atoms with E-state index in [1.807, 2.05) is 60.7 Å². The highest BCUT2D eigenvalue weighted by Gasteiger charge is 2.31. The molecular weight excluding hydrogens is 432 g/mol. The summed E-state index contributed by atoms with van der Waals surface area (Å²) in [6.07, 6.45) is 0.0941. The number of rotatable bonds is 10. The van der Waals surface area contributed by atoms with E-state index in [0.717, 1.165) is 22.4 Å². The van der Waals surface area contributed by atoms with Gasteiger partial charge in [0.15, 0.2) is 11.5 Å². The fourth-order valence-electron chi connectivity index (χ4n) is 3.76. The predicted molar refractivity (Wildman–Crippen MR) is 130 cm³/mol. The SMILES string of the molecule is CNC(=O)[C@@H](c1ccccc1)N(Cc1ccc(OC)cc1)C(=O)Cc1ccc(OC)c(OC)c1. The highest BCUT2D eigenvalue weighted by molar-refractivity contribution is 5.89. The zero-order valence-corrected chi connectivity index (χ0v) is 19.9. The van der Waals surface area contributed by atoms with Crippen LogP contribution >= 0.6 is 0 Å². The van der Waals surface area contributed by atoms with Crippen molar-refractivity contribution in [2.45, 2.75) is 19.0 Å². The molecule has 7 nitrogen and oxygen atoms in total. The van der Waals surface area contributed by atoms with Crippen molar-refractivity contribution in [2.24, 2.45) is 0 Å². The number of carbonyl (C=O) groups excluding carboxylic acids is 2. The Bertz CT molecular complexity index is 1100. The summed E-state index contributed by atoms with van der Waals surface area (Å²) in [5.41, 5.74) is 2.37. The first-order chi connectivity index (χ1) is 16.5. The molecule has 1 atom stereocenters. The lowest BCUT2D eigenvalue weighted by atomic mass is 10.0. The maximum absolute atomic E-state index is 13.7. The average Bonchev–Trinajstić information content (AvgIpc) is 2.88. The Morgan fingerprint density at radius 3 is 2.06 bits per heavy atom. The first-order valence-electron chi connectivity index (χ1n) is 10.9. The van der Waals surface area contributed by atoms with Crippen LogP contribution in [0, 0.1) is 0 Å². The first-order valence-corrected chi connectivity index (χ1v) is 10.9. The Morgan fingerprint density at radius 1 is 0.824 bits per heavy atom. The molecule has 0 radical (unpaired) electrons. The van der Waals surface area contributed by atoms with E-state index in [1.165, 1.54) is 0 Å². The fourth-order valence-corrected chi connectivity index (χ4v) is 3.76. The van der Waals surface area contributed by atoms with Gasteiger partial charge in [0.05, 0.1) is 27.8 Å². The van der Waals surface area contributed by atoms with Crippen LogP contribution in [0.3, 0.4) is 0 Å². The Labute approximate surface area is 200 Å². The fraction of sp³-hybridized carbons (Fsp3) is 0.259. The third-order valence-electron chi connectivity index (χ3n) is 5.56. The van der Waals surface area contributed by atoms with E-state index in [0.29, 0.717) is 11.5 Å². The van der Waals surface area contributed by atoms with Gasteiger partial charge in [-0.3, -0.25) is 9.59 Å². The van der Waals surface area contributed by atoms with Gasteiger partial charge in [0.1, 0.15) is 11.8 Å². The van der Waals surface area contributed by atoms with Gasteiger partial charge in [-0.05, 0) is 41.0 Å². The Morgan fingerprint density at radius 2 is 1.47 bits per heavy atom. The van der Waals surface area contributed by atoms with E-state index in [-0.39, 0.29) is 24.8 Å². The number of nitrogens with zero attached hydrogens (tertiary/aromatic N) is 1. The van der Waals surface area contributed by atoms with Crippen molar-refractivity contribution < 1.29 is 23.8 Å². The maximum atomic E-state index is 13.7. The summed E-state index contributed by atoms with van der Waals surface area (Å²) < 4.78 is 15.9. The zero-order valence-electron chi connectivity index (χ0n) is 19.9. The molecule has 2 amide bonds. The summed E-state index contributed by atoms with van der Waals surface area (Å²) >= 11 is 0. The number of methoxy groups -OCH3 is 3. The summed E-state index contributed by atoms with van der Waals surface area (Å²) in [6.45, 7) is 0.253. The second kappa shape index (κ2) is 11.7. The monoisotopic (exact) mass is 462 g/mol. The van der Waals surface area contributed by atoms with Gasteiger partial charge in [-0.25, -0.2) is 0 Å². The number of ether oxygens (including phenoxy) is 3. The molecule has 0 spiro atoms. The Hall–Kier alpha value is -4.00. The topological polar surface area (TPSA) is 77.1 Å². The van der Waals surface area contributed by atoms with Crippen molar-refractivity contribution in [1.82, 2.24) is 10.2 Å². The van der Waals surface area contributed by atoms with Gasteiger partial charge in [0.25, 0.3) is 0 Å². The number of nitrogens with one attached hydrogen (secondary N) is 1. The Kier molecular flexibility index (Phi) is 8.51. The summed E-state index contributed by atoms with van der Waals surface area (Å²) in [6, 6.07) is 21.3. The number of amides is 2. The minimum Gasteiger partial charge on any atom is -0.497 e. The molecule has 0 fully saturated rings. The van der Waals surface area contributed by atoms with Crippen LogP contribution in [-0.2, 0) is 22.6 Å². The van der Waals surface area contributed by atoms with Crippen LogP contribution in [0.1, 0.15) is 22.7 Å². The molecule has 0 heterocycles. The lowest BCUT2D eigenvalue weighted by Gasteiger charge is -2.31. The molecule has 0 aliphatic heterocycles. The molecule has 3 aromatic carbocycles. The summed E-state index contributed by atoms with van der Waals surface area (Å²) in [5.74, 6) is 1.39. The van der Waals surface area contributed by atoms with Crippen molar-refractivity contribution in [3.63, 3.8) is 0 Å². The minimum absolute atomic E-state index is 0.0941. The van der Waals surface area contributed by atoms with Gasteiger partial charge in [0.2, 0.25) is 11.8 Å². The lowest BCUT2D eigenvalue weighted by molar-refractivity contribution is -0.141. The van der Waals surface area contributed by atoms with E-state index in [4.69, 9.17) is 14.2 Å². The van der Waals surface area contributed by atoms with Gasteiger partial charge in [-0.2, -0.15) is 0 Å². The number of benzene rings is 3. The molecule has 0 saturated carbocycles. The highest BCUT2D eigenvalue weighted by Crippen LogP contribution is 2.29. The van der Waals surface area contributed by atoms with Crippen LogP contribution in [0.15, 0.2) is 72.8 Å². The molecule has 0 aromatic heterocycles. The highest BCUT2D eigenvalue weighted by atomic mass is 16.5. The second-order valence-corrected chi connectivity index (χ2v) is 7.66. The van der Waals surface area contributed by atoms with E-state index in [2.05, 4.69) is 5.32 Å². The molecule has 1 N–H and O–H groups in total. The second-order valence-electron chi connectivity index (χ2n) is 7.66. The third-order valence-corrected chi connectivity index (χ3v) is 5.56. The standard InChI is InChI=1S/C27H30N2O5/c1-28-27(31)26(21-8-6-5-7-9-21)29(18-19-10-13-22(32-2)14-11-19)25(30)17-20-12-15-23(33-3)24(16-20)34-4/h5-16,26H,17-18H2,1-4H3,(H,28,31)/t26-/m1/s1. The predicted octanol–water partition coefficient (Wildman–Crippen LogP) is 3.77. The van der Waals surface area contributed by atoms with Gasteiger partial charge in [-0.15, -0.1) is 0 Å². The van der Waals surface area contributed by atoms with Crippen LogP contribution in [0.4, 0.5) is 0 Å². The lowest BCUT2D eigenvalue weighted by Crippen LogP contribution is -2.43. The van der Waals surface area contributed by atoms with Gasteiger partial charge in [0, 0.05) is 13.6 Å². The number of likely N-dealkylation sites (N-methyl/N-ethyl adjacent to an activating group) is 1. The number of carbonyl (C=O) groups is 2. The van der Waals surface area contributed by atoms with Crippen LogP contribution < -0.4 is 19.5 Å². The Balaban J connectivity index is 1.98. The minimum atomic E-state index is -0.791. The molecular formula is C27H30N2O5. The summed E-state index contributed by atoms with van der Waals surface area (Å²) in [5, 5.41) is 2.71. The van der Waals surface area contributed by atoms with Crippen molar-refractivity contribution >= 4 is 11.8 Å². The smallest absolute Gasteiger partial charge is 0.247 e. The number of hydrogen-bond donors (Lipinski definition) is 1. The largest absolute Gasteiger partial charge is 0.497 e. The summed E-state index contributed by atoms with van der Waals surface area (Å²) in [4.78, 5) is 28.3. The third kappa shape index (κ3) is 5.86. The molecule has 0 bridgehead atoms. The van der Waals surface area contributed by atoms with E-state index in [9.17, 15) is 9.59 Å². The van der Waals surface area contributed by atoms with E-state index >= 15 is 0 Å². The van der Waals surface area contributed by atoms with Crippen molar-refractivity contribution in [1.29, 1.82) is 0 Å². The van der Waals surface area contributed by atoms with Crippen molar-refractivity contribution in [3.8, 4) is 17.2 Å². The average molecular weight is 463 g/mol. The maximum Gasteiger partial charge on any atom is 0.247 e. The molecule has 34 heavy (non-hydrogen) atoms. The molecule has 0 aliphatic rings. The number of hydrogen-bond acceptors (Lipinski definition) is 5. The van der Waals surface area contributed by atoms with Crippen LogP contribution in [-0.4, -0.2) is 45.1 Å². The quantitative estimate of drug-likeness (QED) is 0.496. The normalized spacial score (nSPS) is 11.3.